The van der Waals surface area contributed by atoms with Crippen molar-refractivity contribution in [3.05, 3.63) is 0 Å². The van der Waals surface area contributed by atoms with Crippen LogP contribution in [0.15, 0.2) is 4.99 Å². The van der Waals surface area contributed by atoms with Crippen molar-refractivity contribution in [3.8, 4) is 0 Å². The van der Waals surface area contributed by atoms with Crippen molar-refractivity contribution in [1.29, 1.82) is 0 Å². The van der Waals surface area contributed by atoms with Crippen LogP contribution in [0.25, 0.3) is 0 Å². The van der Waals surface area contributed by atoms with Gasteiger partial charge in [-0.25, -0.2) is 13.8 Å². The van der Waals surface area contributed by atoms with Crippen molar-refractivity contribution in [2.45, 2.75) is 134 Å². The predicted octanol–water partition coefficient (Wildman–Crippen LogP) is 6.34. The highest BCUT2D eigenvalue weighted by molar-refractivity contribution is 7.82. The Morgan fingerprint density at radius 3 is 1.79 bits per heavy atom. The normalized spacial score (nSPS) is 25.7. The van der Waals surface area contributed by atoms with E-state index >= 15 is 0 Å². The van der Waals surface area contributed by atoms with Crippen molar-refractivity contribution in [2.24, 2.45) is 28.2 Å². The van der Waals surface area contributed by atoms with Gasteiger partial charge in [0.25, 0.3) is 0 Å². The first-order valence-corrected chi connectivity index (χ1v) is 17.9. The van der Waals surface area contributed by atoms with Crippen LogP contribution in [0.1, 0.15) is 123 Å². The third-order valence-corrected chi connectivity index (χ3v) is 11.5. The molecule has 0 radical (unpaired) electrons. The smallest absolute Gasteiger partial charge is 0.413 e. The summed E-state index contributed by atoms with van der Waals surface area (Å²) in [6.45, 7) is 4.93. The quantitative estimate of drug-likeness (QED) is 0.156. The first kappa shape index (κ1) is 33.9. The molecule has 244 valence electrons. The van der Waals surface area contributed by atoms with Crippen molar-refractivity contribution >= 4 is 35.0 Å². The lowest BCUT2D eigenvalue weighted by Crippen LogP contribution is -2.61. The molecule has 0 spiro atoms. The zero-order valence-corrected chi connectivity index (χ0v) is 27.1. The number of Topliss-reactive ketones (excluding diaryl/α,β-unsaturated/α-hetero) is 1. The number of aliphatic imine (C=N–C) groups is 1. The molecule has 0 aromatic rings. The molecule has 4 aliphatic rings. The average Bonchev–Trinajstić information content (AvgIpc) is 3.00. The largest absolute Gasteiger partial charge is 0.449 e. The minimum Gasteiger partial charge on any atom is -0.449 e. The third-order valence-electron chi connectivity index (χ3n) is 9.86. The summed E-state index contributed by atoms with van der Waals surface area (Å²) in [4.78, 5) is 42.6. The molecule has 0 aromatic heterocycles. The summed E-state index contributed by atoms with van der Waals surface area (Å²) in [5, 5.41) is 4.55. The Labute approximate surface area is 259 Å². The number of amides is 2. The van der Waals surface area contributed by atoms with E-state index in [4.69, 9.17) is 13.7 Å². The number of nitrogens with zero attached hydrogens (tertiary/aromatic N) is 1. The monoisotopic (exact) mass is 623 g/mol. The molecule has 3 atom stereocenters. The number of guanidine groups is 1. The fourth-order valence-corrected chi connectivity index (χ4v) is 8.75. The molecule has 0 bridgehead atoms. The molecule has 11 heteroatoms. The van der Waals surface area contributed by atoms with Crippen LogP contribution in [0.5, 0.6) is 0 Å². The fourth-order valence-electron chi connectivity index (χ4n) is 7.17. The molecule has 0 heterocycles. The van der Waals surface area contributed by atoms with Crippen molar-refractivity contribution < 1.29 is 32.2 Å². The van der Waals surface area contributed by atoms with Gasteiger partial charge in [-0.15, -0.1) is 0 Å². The maximum atomic E-state index is 13.0. The van der Waals surface area contributed by atoms with Gasteiger partial charge in [-0.3, -0.25) is 24.6 Å². The summed E-state index contributed by atoms with van der Waals surface area (Å²) >= 11 is -1.63. The molecule has 0 aliphatic heterocycles. The van der Waals surface area contributed by atoms with E-state index < -0.39 is 33.9 Å². The summed E-state index contributed by atoms with van der Waals surface area (Å²) in [7, 11) is 0. The molecule has 10 nitrogen and oxygen atoms in total. The van der Waals surface area contributed by atoms with Crippen molar-refractivity contribution in [1.82, 2.24) is 10.6 Å². The minimum absolute atomic E-state index is 0.0126. The zero-order valence-electron chi connectivity index (χ0n) is 26.2. The molecule has 4 saturated carbocycles. The maximum absolute atomic E-state index is 13.0. The van der Waals surface area contributed by atoms with Gasteiger partial charge in [-0.05, 0) is 68.6 Å². The van der Waals surface area contributed by atoms with Gasteiger partial charge < -0.3 is 9.47 Å². The molecule has 4 fully saturated rings. The molecule has 2 N–H and O–H groups in total. The summed E-state index contributed by atoms with van der Waals surface area (Å²) < 4.78 is 29.6. The van der Waals surface area contributed by atoms with E-state index in [0.29, 0.717) is 37.9 Å². The molecular formula is C32H53N3O7S. The molecule has 0 saturated heterocycles. The van der Waals surface area contributed by atoms with Crippen LogP contribution >= 0.6 is 0 Å². The second kappa shape index (κ2) is 16.9. The van der Waals surface area contributed by atoms with E-state index in [2.05, 4.69) is 15.6 Å². The second-order valence-electron chi connectivity index (χ2n) is 13.6. The van der Waals surface area contributed by atoms with Crippen LogP contribution in [0.4, 0.5) is 9.59 Å². The number of rotatable bonds is 11. The van der Waals surface area contributed by atoms with Crippen LogP contribution < -0.4 is 10.6 Å². The molecular weight excluding hydrogens is 570 g/mol. The lowest BCUT2D eigenvalue weighted by atomic mass is 9.59. The summed E-state index contributed by atoms with van der Waals surface area (Å²) in [5.74, 6) is 0.459. The molecule has 2 amide bonds. The van der Waals surface area contributed by atoms with Gasteiger partial charge in [0.05, 0.1) is 19.3 Å². The van der Waals surface area contributed by atoms with Gasteiger partial charge in [0, 0.05) is 12.5 Å². The van der Waals surface area contributed by atoms with E-state index in [0.717, 1.165) is 77.0 Å². The predicted molar refractivity (Wildman–Crippen MR) is 166 cm³/mol. The van der Waals surface area contributed by atoms with Crippen LogP contribution in [-0.4, -0.2) is 59.3 Å². The molecule has 2 unspecified atom stereocenters. The van der Waals surface area contributed by atoms with Gasteiger partial charge in [0.1, 0.15) is 5.25 Å². The molecule has 4 rings (SSSR count). The highest BCUT2D eigenvalue weighted by Crippen LogP contribution is 2.49. The Balaban J connectivity index is 1.25. The number of hydrogen-bond acceptors (Lipinski definition) is 8. The van der Waals surface area contributed by atoms with E-state index in [9.17, 15) is 18.6 Å². The maximum Gasteiger partial charge on any atom is 0.413 e. The lowest BCUT2D eigenvalue weighted by Gasteiger charge is -2.49. The topological polar surface area (TPSA) is 132 Å². The van der Waals surface area contributed by atoms with Crippen molar-refractivity contribution in [2.75, 3.05) is 19.8 Å². The number of ether oxygens (including phenoxy) is 2. The van der Waals surface area contributed by atoms with E-state index in [1.54, 1.807) is 0 Å². The highest BCUT2D eigenvalue weighted by Gasteiger charge is 2.59. The summed E-state index contributed by atoms with van der Waals surface area (Å²) in [6.07, 6.45) is 16.2. The van der Waals surface area contributed by atoms with Crippen molar-refractivity contribution in [3.63, 3.8) is 0 Å². The Morgan fingerprint density at radius 1 is 0.814 bits per heavy atom. The standard InChI is InChI=1S/C32H53N3O7S/c1-32(2)26(27(36)28(32)43(39)42-25-17-10-5-11-18-25)19-12-20-33-29(34-30(37)40-21-23-13-6-3-7-14-23)35-31(38)41-22-24-15-8-4-9-16-24/h23-26,28H,3-22H2,1-2H3,(H2,33,34,35,37,38)/t26-,28?,43?/m0/s1. The summed E-state index contributed by atoms with van der Waals surface area (Å²) in [5.41, 5.74) is -0.439. The summed E-state index contributed by atoms with van der Waals surface area (Å²) in [6, 6.07) is 0. The second-order valence-corrected chi connectivity index (χ2v) is 14.8. The Bertz CT molecular complexity index is 947. The fraction of sp³-hybridized carbons (Fsp3) is 0.875. The van der Waals surface area contributed by atoms with E-state index in [-0.39, 0.29) is 30.3 Å². The van der Waals surface area contributed by atoms with Gasteiger partial charge in [-0.2, -0.15) is 0 Å². The van der Waals surface area contributed by atoms with E-state index in [1.165, 1.54) is 19.3 Å². The minimum atomic E-state index is -1.63. The van der Waals surface area contributed by atoms with Gasteiger partial charge in [0.2, 0.25) is 5.96 Å². The Morgan fingerprint density at radius 2 is 1.30 bits per heavy atom. The Kier molecular flexibility index (Phi) is 13.3. The van der Waals surface area contributed by atoms with Crippen LogP contribution in [-0.2, 0) is 29.5 Å². The number of ketones is 1. The first-order chi connectivity index (χ1) is 20.7. The van der Waals surface area contributed by atoms with Gasteiger partial charge in [0.15, 0.2) is 16.9 Å². The van der Waals surface area contributed by atoms with Gasteiger partial charge in [-0.1, -0.05) is 71.6 Å². The lowest BCUT2D eigenvalue weighted by molar-refractivity contribution is -0.139. The third kappa shape index (κ3) is 10.3. The van der Waals surface area contributed by atoms with Crippen LogP contribution in [0, 0.1) is 23.2 Å². The molecule has 43 heavy (non-hydrogen) atoms. The van der Waals surface area contributed by atoms with E-state index in [1.807, 2.05) is 13.8 Å². The number of alkyl carbamates (subject to hydrolysis) is 2. The van der Waals surface area contributed by atoms with Gasteiger partial charge >= 0.3 is 12.2 Å². The zero-order chi connectivity index (χ0) is 30.7. The number of hydrogen-bond donors (Lipinski definition) is 2. The number of carbonyl (C=O) groups is 3. The highest BCUT2D eigenvalue weighted by atomic mass is 32.2. The van der Waals surface area contributed by atoms with Crippen LogP contribution in [0.3, 0.4) is 0 Å². The Hall–Kier alpha value is -2.01. The number of carbonyl (C=O) groups excluding carboxylic acids is 3. The first-order valence-electron chi connectivity index (χ1n) is 16.8. The van der Waals surface area contributed by atoms with Crippen LogP contribution in [0.2, 0.25) is 0 Å². The molecule has 4 aliphatic carbocycles. The number of nitrogens with one attached hydrogen (secondary N) is 2. The molecule has 0 aromatic carbocycles. The average molecular weight is 624 g/mol. The SMILES string of the molecule is CC1(C)C(S(=O)OC2CCCCC2)C(=O)[C@@H]1CCCN=C(NC(=O)OCC1CCCCC1)NC(=O)OCC1CCCCC1.